The summed E-state index contributed by atoms with van der Waals surface area (Å²) in [6.07, 6.45) is 0.269. The molecule has 0 aliphatic rings. The lowest BCUT2D eigenvalue weighted by atomic mass is 10.1. The van der Waals surface area contributed by atoms with Gasteiger partial charge in [0, 0.05) is 30.8 Å². The van der Waals surface area contributed by atoms with Gasteiger partial charge in [0.25, 0.3) is 11.6 Å². The minimum absolute atomic E-state index is 0.0472. The first kappa shape index (κ1) is 15.6. The van der Waals surface area contributed by atoms with Crippen molar-refractivity contribution in [1.82, 2.24) is 4.90 Å². The number of hydrogen-bond acceptors (Lipinski definition) is 4. The third kappa shape index (κ3) is 4.35. The van der Waals surface area contributed by atoms with E-state index in [1.165, 1.54) is 24.3 Å². The van der Waals surface area contributed by atoms with Crippen molar-refractivity contribution in [1.29, 1.82) is 5.26 Å². The molecule has 20 heavy (non-hydrogen) atoms. The van der Waals surface area contributed by atoms with E-state index in [1.54, 1.807) is 4.90 Å². The van der Waals surface area contributed by atoms with Crippen LogP contribution in [0, 0.1) is 27.4 Å². The first-order chi connectivity index (χ1) is 9.45. The van der Waals surface area contributed by atoms with Crippen molar-refractivity contribution in [3.05, 3.63) is 39.9 Å². The molecular weight excluding hydrogens is 258 g/mol. The average molecular weight is 275 g/mol. The van der Waals surface area contributed by atoms with Gasteiger partial charge in [-0.3, -0.25) is 14.9 Å². The second-order valence-electron chi connectivity index (χ2n) is 4.86. The van der Waals surface area contributed by atoms with Gasteiger partial charge in [-0.05, 0) is 18.1 Å². The molecule has 0 unspecified atom stereocenters. The molecule has 0 saturated heterocycles. The summed E-state index contributed by atoms with van der Waals surface area (Å²) in [4.78, 5) is 24.0. The maximum Gasteiger partial charge on any atom is 0.269 e. The van der Waals surface area contributed by atoms with E-state index in [2.05, 4.69) is 0 Å². The molecule has 6 heteroatoms. The Hall–Kier alpha value is -2.42. The van der Waals surface area contributed by atoms with E-state index < -0.39 is 4.92 Å². The number of amides is 1. The Morgan fingerprint density at radius 3 is 2.45 bits per heavy atom. The van der Waals surface area contributed by atoms with E-state index in [1.807, 2.05) is 19.9 Å². The van der Waals surface area contributed by atoms with Crippen LogP contribution in [-0.4, -0.2) is 28.8 Å². The molecule has 0 heterocycles. The quantitative estimate of drug-likeness (QED) is 0.589. The van der Waals surface area contributed by atoms with Gasteiger partial charge >= 0.3 is 0 Å². The Bertz CT molecular complexity index is 517. The third-order valence-corrected chi connectivity index (χ3v) is 2.69. The van der Waals surface area contributed by atoms with Gasteiger partial charge in [0.1, 0.15) is 0 Å². The van der Waals surface area contributed by atoms with E-state index in [0.717, 1.165) is 0 Å². The first-order valence-electron chi connectivity index (χ1n) is 6.36. The van der Waals surface area contributed by atoms with Crippen LogP contribution >= 0.6 is 0 Å². The highest BCUT2D eigenvalue weighted by atomic mass is 16.6. The Morgan fingerprint density at radius 1 is 1.40 bits per heavy atom. The highest BCUT2D eigenvalue weighted by Gasteiger charge is 2.17. The van der Waals surface area contributed by atoms with Crippen LogP contribution in [-0.2, 0) is 0 Å². The highest BCUT2D eigenvalue weighted by molar-refractivity contribution is 5.94. The fourth-order valence-corrected chi connectivity index (χ4v) is 1.81. The third-order valence-electron chi connectivity index (χ3n) is 2.69. The normalized spacial score (nSPS) is 10.1. The minimum atomic E-state index is -0.504. The lowest BCUT2D eigenvalue weighted by Crippen LogP contribution is -2.35. The lowest BCUT2D eigenvalue weighted by Gasteiger charge is -2.23. The summed E-state index contributed by atoms with van der Waals surface area (Å²) in [6, 6.07) is 7.53. The van der Waals surface area contributed by atoms with Crippen LogP contribution in [0.2, 0.25) is 0 Å². The number of carbonyl (C=O) groups excluding carboxylic acids is 1. The van der Waals surface area contributed by atoms with Crippen molar-refractivity contribution < 1.29 is 9.72 Å². The second-order valence-corrected chi connectivity index (χ2v) is 4.86. The highest BCUT2D eigenvalue weighted by Crippen LogP contribution is 2.14. The molecule has 106 valence electrons. The van der Waals surface area contributed by atoms with Crippen molar-refractivity contribution in [3.8, 4) is 6.07 Å². The van der Waals surface area contributed by atoms with Crippen molar-refractivity contribution in [3.63, 3.8) is 0 Å². The van der Waals surface area contributed by atoms with E-state index in [4.69, 9.17) is 5.26 Å². The van der Waals surface area contributed by atoms with Crippen molar-refractivity contribution in [2.24, 2.45) is 5.92 Å². The predicted molar refractivity (Wildman–Crippen MR) is 74.1 cm³/mol. The summed E-state index contributed by atoms with van der Waals surface area (Å²) >= 11 is 0. The molecule has 1 amide bonds. The fraction of sp³-hybridized carbons (Fsp3) is 0.429. The van der Waals surface area contributed by atoms with Gasteiger partial charge in [0.05, 0.1) is 17.4 Å². The Labute approximate surface area is 117 Å². The Kier molecular flexibility index (Phi) is 5.66. The number of rotatable bonds is 6. The van der Waals surface area contributed by atoms with Crippen LogP contribution < -0.4 is 0 Å². The molecule has 0 fully saturated rings. The number of hydrogen-bond donors (Lipinski definition) is 0. The maximum atomic E-state index is 12.3. The van der Waals surface area contributed by atoms with Gasteiger partial charge in [-0.25, -0.2) is 0 Å². The van der Waals surface area contributed by atoms with Crippen LogP contribution in [0.4, 0.5) is 5.69 Å². The minimum Gasteiger partial charge on any atom is -0.337 e. The summed E-state index contributed by atoms with van der Waals surface area (Å²) in [5.41, 5.74) is 0.350. The van der Waals surface area contributed by atoms with Gasteiger partial charge in [-0.15, -0.1) is 0 Å². The molecule has 1 aromatic rings. The number of nitro benzene ring substituents is 1. The van der Waals surface area contributed by atoms with Crippen molar-refractivity contribution in [2.75, 3.05) is 13.1 Å². The largest absolute Gasteiger partial charge is 0.337 e. The van der Waals surface area contributed by atoms with Crippen LogP contribution in [0.15, 0.2) is 24.3 Å². The van der Waals surface area contributed by atoms with Gasteiger partial charge in [0.15, 0.2) is 0 Å². The SMILES string of the molecule is CC(C)CN(CCC#N)C(=O)c1ccc([N+](=O)[O-])cc1. The summed E-state index contributed by atoms with van der Waals surface area (Å²) in [6.45, 7) is 4.90. The molecule has 0 spiro atoms. The zero-order valence-corrected chi connectivity index (χ0v) is 11.6. The van der Waals surface area contributed by atoms with Gasteiger partial charge < -0.3 is 4.90 Å². The number of nitriles is 1. The second kappa shape index (κ2) is 7.24. The summed E-state index contributed by atoms with van der Waals surface area (Å²) in [5.74, 6) is 0.0829. The number of nitro groups is 1. The van der Waals surface area contributed by atoms with Crippen LogP contribution in [0.1, 0.15) is 30.6 Å². The predicted octanol–water partition coefficient (Wildman–Crippen LogP) is 2.61. The number of benzene rings is 1. The Morgan fingerprint density at radius 2 is 2.00 bits per heavy atom. The molecule has 0 aromatic heterocycles. The molecule has 0 bridgehead atoms. The zero-order chi connectivity index (χ0) is 15.1. The van der Waals surface area contributed by atoms with E-state index >= 15 is 0 Å². The average Bonchev–Trinajstić information content (AvgIpc) is 2.42. The Balaban J connectivity index is 2.87. The fourth-order valence-electron chi connectivity index (χ4n) is 1.81. The molecular formula is C14H17N3O3. The van der Waals surface area contributed by atoms with Crippen LogP contribution in [0.25, 0.3) is 0 Å². The standard InChI is InChI=1S/C14H17N3O3/c1-11(2)10-16(9-3-8-15)14(18)12-4-6-13(7-5-12)17(19)20/h4-7,11H,3,9-10H2,1-2H3. The number of carbonyl (C=O) groups is 1. The molecule has 0 atom stereocenters. The molecule has 0 aliphatic heterocycles. The lowest BCUT2D eigenvalue weighted by molar-refractivity contribution is -0.384. The molecule has 6 nitrogen and oxygen atoms in total. The van der Waals surface area contributed by atoms with Crippen LogP contribution in [0.3, 0.4) is 0 Å². The molecule has 1 aromatic carbocycles. The van der Waals surface area contributed by atoms with E-state index in [9.17, 15) is 14.9 Å². The molecule has 0 aliphatic carbocycles. The van der Waals surface area contributed by atoms with Gasteiger partial charge in [-0.1, -0.05) is 13.8 Å². The zero-order valence-electron chi connectivity index (χ0n) is 11.6. The van der Waals surface area contributed by atoms with Gasteiger partial charge in [0.2, 0.25) is 0 Å². The topological polar surface area (TPSA) is 87.2 Å². The van der Waals surface area contributed by atoms with Crippen molar-refractivity contribution >= 4 is 11.6 Å². The van der Waals surface area contributed by atoms with Crippen LogP contribution in [0.5, 0.6) is 0 Å². The first-order valence-corrected chi connectivity index (χ1v) is 6.36. The number of nitrogens with zero attached hydrogens (tertiary/aromatic N) is 3. The molecule has 0 radical (unpaired) electrons. The smallest absolute Gasteiger partial charge is 0.269 e. The summed E-state index contributed by atoms with van der Waals surface area (Å²) in [7, 11) is 0. The van der Waals surface area contributed by atoms with E-state index in [-0.39, 0.29) is 23.9 Å². The summed E-state index contributed by atoms with van der Waals surface area (Å²) in [5, 5.41) is 19.2. The number of non-ortho nitro benzene ring substituents is 1. The molecule has 0 N–H and O–H groups in total. The van der Waals surface area contributed by atoms with Crippen molar-refractivity contribution in [2.45, 2.75) is 20.3 Å². The maximum absolute atomic E-state index is 12.3. The molecule has 1 rings (SSSR count). The summed E-state index contributed by atoms with van der Waals surface area (Å²) < 4.78 is 0. The van der Waals surface area contributed by atoms with Gasteiger partial charge in [-0.2, -0.15) is 5.26 Å². The monoisotopic (exact) mass is 275 g/mol. The molecule has 0 saturated carbocycles. The van der Waals surface area contributed by atoms with E-state index in [0.29, 0.717) is 18.7 Å².